The molecule has 2 aliphatic rings. The molecule has 0 bridgehead atoms. The zero-order valence-corrected chi connectivity index (χ0v) is 77.8. The lowest BCUT2D eigenvalue weighted by Crippen LogP contribution is -2.42. The van der Waals surface area contributed by atoms with Crippen LogP contribution in [-0.4, -0.2) is 111 Å². The fourth-order valence-corrected chi connectivity index (χ4v) is 10.0. The lowest BCUT2D eigenvalue weighted by molar-refractivity contribution is -0.128. The van der Waals surface area contributed by atoms with Gasteiger partial charge < -0.3 is 19.4 Å². The molecule has 2 aliphatic heterocycles. The Kier molecular flexibility index (Phi) is 47.5. The molecule has 0 spiro atoms. The standard InChI is InChI=1S/C11H19NO.2C9H12N2.3C9H11NS.C8H13NO.3C5H4N2.3C5H12/c1-5-10(13)12-7-6-9(8-12)11(2,3)4;1-5-8-10-6-7-11(8)9(2,3)4;1-5-8-6-7-11(10-8)9(2,3)4;1-5-8-10-7(6-11-8)9(2,3)4;1-5-8-10-6-7(11-8)9(2,3)4;1-5-7-6-8(11-10-7)9(2,3)4;1-8(2,3)9-6-4-5-7(9)10;1-2-5-6-3-4-7-5;2*1-2-5-3-4-6-7-5;3*1-5(2,3)4/h5,9H,1,6-8H2,2-4H3;2*1,6-7H,2-4H3;3*1,6H,2-4H3;4-5H,6H2,1-3H3;3*1,3-4H,(H,6,7);3*1-4H3. The third-order valence-corrected chi connectivity index (χ3v) is 16.9. The van der Waals surface area contributed by atoms with Gasteiger partial charge in [-0.05, 0) is 185 Å². The van der Waals surface area contributed by atoms with Crippen molar-refractivity contribution >= 4 is 46.0 Å². The maximum atomic E-state index is 11.3. The number of hydrogen-bond donors (Lipinski definition) is 3. The van der Waals surface area contributed by atoms with Crippen LogP contribution >= 0.6 is 34.2 Å². The number of thiazole rings is 2. The molecule has 1 fully saturated rings. The molecule has 1 saturated heterocycles. The van der Waals surface area contributed by atoms with E-state index in [-0.39, 0.29) is 44.7 Å². The van der Waals surface area contributed by atoms with Crippen LogP contribution in [0.5, 0.6) is 0 Å². The molecule has 618 valence electrons. The van der Waals surface area contributed by atoms with Gasteiger partial charge in [-0.3, -0.25) is 24.5 Å². The van der Waals surface area contributed by atoms with E-state index in [2.05, 4.69) is 316 Å². The van der Waals surface area contributed by atoms with Gasteiger partial charge in [-0.25, -0.2) is 19.9 Å². The number of likely N-dealkylation sites (tertiary alicyclic amines) is 1. The smallest absolute Gasteiger partial charge is 0.247 e. The second kappa shape index (κ2) is 50.1. The fourth-order valence-electron chi connectivity index (χ4n) is 7.65. The number of carbonyl (C=O) groups is 2. The number of H-pyrrole nitrogens is 3. The van der Waals surface area contributed by atoms with Crippen LogP contribution in [0.2, 0.25) is 0 Å². The topological polar surface area (TPSA) is 201 Å². The highest BCUT2D eigenvalue weighted by molar-refractivity contribution is 7.12. The van der Waals surface area contributed by atoms with Crippen molar-refractivity contribution < 1.29 is 9.59 Å². The third kappa shape index (κ3) is 53.0. The molecule has 114 heavy (non-hydrogen) atoms. The highest BCUT2D eigenvalue weighted by Crippen LogP contribution is 2.34. The Labute approximate surface area is 702 Å². The molecular formula is C94H137N15O2S3. The van der Waals surface area contributed by atoms with Gasteiger partial charge in [0.15, 0.2) is 21.7 Å². The van der Waals surface area contributed by atoms with Gasteiger partial charge >= 0.3 is 0 Å². The fraction of sp³-hybridized carbons (Fsp3) is 0.511. The van der Waals surface area contributed by atoms with Gasteiger partial charge in [0.05, 0.1) is 11.2 Å². The van der Waals surface area contributed by atoms with Crippen molar-refractivity contribution in [2.45, 2.75) is 268 Å². The van der Waals surface area contributed by atoms with E-state index in [9.17, 15) is 9.59 Å². The minimum absolute atomic E-state index is 0.0229. The largest absolute Gasteiger partial charge is 0.339 e. The third-order valence-electron chi connectivity index (χ3n) is 13.5. The van der Waals surface area contributed by atoms with Crippen LogP contribution < -0.4 is 0 Å². The first-order valence-electron chi connectivity index (χ1n) is 37.6. The van der Waals surface area contributed by atoms with Crippen molar-refractivity contribution in [2.24, 2.45) is 27.6 Å². The second-order valence-electron chi connectivity index (χ2n) is 37.9. The SMILES string of the molecule is C#Cc1cc(C(C)(C)C)sn1.C#Cc1ccn(C(C)(C)C)n1.C#Cc1ccn[nH]1.C#Cc1ccn[nH]1.C#Cc1nc(C(C)(C)C)cs1.C#Cc1ncc(C(C)(C)C)s1.C#Cc1ncc[nH]1.C#Cc1nccn1C(C)(C)C.C=CC(=O)N1CCC(C(C)(C)C)C1.CC(C)(C)C.CC(C)(C)C.CC(C)(C)C.CC(C)(C)N1CC=CC1=O. The molecule has 20 heteroatoms. The Balaban J connectivity index is -0.00000118. The number of nitrogens with one attached hydrogen (secondary N) is 3. The van der Waals surface area contributed by atoms with Crippen LogP contribution in [0, 0.1) is 126 Å². The van der Waals surface area contributed by atoms with E-state index in [4.69, 9.17) is 51.4 Å². The lowest BCUT2D eigenvalue weighted by atomic mass is 9.80. The molecule has 8 aromatic rings. The van der Waals surface area contributed by atoms with Crippen molar-refractivity contribution in [1.29, 1.82) is 0 Å². The molecule has 1 unspecified atom stereocenters. The number of amides is 2. The number of terminal acetylenes is 8. The molecule has 10 heterocycles. The van der Waals surface area contributed by atoms with Crippen molar-refractivity contribution in [1.82, 2.24) is 73.8 Å². The van der Waals surface area contributed by atoms with Gasteiger partial charge in [0, 0.05) is 107 Å². The summed E-state index contributed by atoms with van der Waals surface area (Å²) in [6.45, 7) is 77.0. The van der Waals surface area contributed by atoms with E-state index in [1.807, 2.05) is 82.0 Å². The molecule has 0 radical (unpaired) electrons. The maximum Gasteiger partial charge on any atom is 0.247 e. The number of carbonyl (C=O) groups excluding carboxylic acids is 2. The molecule has 0 aromatic carbocycles. The number of hydrogen-bond acceptors (Lipinski definition) is 13. The number of aromatic nitrogens is 13. The Hall–Kier alpha value is -10.2. The number of aromatic amines is 3. The van der Waals surface area contributed by atoms with E-state index < -0.39 is 0 Å². The molecule has 8 aromatic heterocycles. The first kappa shape index (κ1) is 108. The maximum absolute atomic E-state index is 11.3. The Morgan fingerprint density at radius 2 is 1.07 bits per heavy atom. The van der Waals surface area contributed by atoms with Gasteiger partial charge in [0.2, 0.25) is 11.8 Å². The lowest BCUT2D eigenvalue weighted by Gasteiger charge is -2.31. The van der Waals surface area contributed by atoms with E-state index in [1.54, 1.807) is 60.5 Å². The van der Waals surface area contributed by atoms with Crippen molar-refractivity contribution in [2.75, 3.05) is 19.6 Å². The van der Waals surface area contributed by atoms with Crippen LogP contribution in [0.4, 0.5) is 0 Å². The first-order valence-corrected chi connectivity index (χ1v) is 40.0. The minimum Gasteiger partial charge on any atom is -0.339 e. The molecule has 0 aliphatic carbocycles. The number of imidazole rings is 2. The predicted octanol–water partition coefficient (Wildman–Crippen LogP) is 21.1. The molecule has 3 N–H and O–H groups in total. The van der Waals surface area contributed by atoms with Gasteiger partial charge in [-0.1, -0.05) is 191 Å². The summed E-state index contributed by atoms with van der Waals surface area (Å²) in [5.41, 5.74) is 6.27. The normalized spacial score (nSPS) is 12.7. The van der Waals surface area contributed by atoms with Crippen LogP contribution in [0.25, 0.3) is 0 Å². The highest BCUT2D eigenvalue weighted by Gasteiger charge is 2.33. The van der Waals surface area contributed by atoms with E-state index in [1.165, 1.54) is 38.7 Å². The van der Waals surface area contributed by atoms with Gasteiger partial charge in [-0.2, -0.15) is 19.7 Å². The quantitative estimate of drug-likeness (QED) is 0.105. The summed E-state index contributed by atoms with van der Waals surface area (Å²) in [7, 11) is 0. The van der Waals surface area contributed by atoms with Gasteiger partial charge in [0.25, 0.3) is 0 Å². The van der Waals surface area contributed by atoms with Crippen LogP contribution in [0.1, 0.15) is 295 Å². The summed E-state index contributed by atoms with van der Waals surface area (Å²) in [6.07, 6.45) is 60.9. The van der Waals surface area contributed by atoms with E-state index in [0.29, 0.717) is 44.9 Å². The molecule has 1 atom stereocenters. The Morgan fingerprint density at radius 1 is 0.561 bits per heavy atom. The number of rotatable bonds is 1. The summed E-state index contributed by atoms with van der Waals surface area (Å²) in [6, 6.07) is 7.29. The Bertz CT molecular complexity index is 4010. The summed E-state index contributed by atoms with van der Waals surface area (Å²) >= 11 is 4.61. The molecule has 0 saturated carbocycles. The number of nitrogens with zero attached hydrogens (tertiary/aromatic N) is 12. The van der Waals surface area contributed by atoms with Crippen LogP contribution in [0.15, 0.2) is 104 Å². The second-order valence-corrected chi connectivity index (χ2v) is 40.6. The summed E-state index contributed by atoms with van der Waals surface area (Å²) in [4.78, 5) is 47.4. The monoisotopic (exact) mass is 1600 g/mol. The molecular weight excluding hydrogens is 1470 g/mol. The van der Waals surface area contributed by atoms with E-state index >= 15 is 0 Å². The molecule has 2 amide bonds. The van der Waals surface area contributed by atoms with E-state index in [0.717, 1.165) is 58.8 Å². The highest BCUT2D eigenvalue weighted by atomic mass is 32.1. The van der Waals surface area contributed by atoms with Crippen LogP contribution in [-0.2, 0) is 36.9 Å². The zero-order chi connectivity index (χ0) is 89.1. The Morgan fingerprint density at radius 3 is 1.31 bits per heavy atom. The van der Waals surface area contributed by atoms with Gasteiger partial charge in [-0.15, -0.1) is 74.1 Å². The van der Waals surface area contributed by atoms with Crippen molar-refractivity contribution in [3.05, 3.63) is 164 Å². The van der Waals surface area contributed by atoms with Crippen molar-refractivity contribution in [3.63, 3.8) is 0 Å². The summed E-state index contributed by atoms with van der Waals surface area (Å²) in [5.74, 6) is 21.8. The summed E-state index contributed by atoms with van der Waals surface area (Å²) < 4.78 is 7.95. The average molecular weight is 1610 g/mol. The summed E-state index contributed by atoms with van der Waals surface area (Å²) in [5, 5.41) is 20.2. The predicted molar refractivity (Wildman–Crippen MR) is 486 cm³/mol. The molecule has 17 nitrogen and oxygen atoms in total. The van der Waals surface area contributed by atoms with Crippen molar-refractivity contribution in [3.8, 4) is 98.8 Å². The zero-order valence-electron chi connectivity index (χ0n) is 75.4. The molecule has 10 rings (SSSR count). The van der Waals surface area contributed by atoms with Crippen LogP contribution in [0.3, 0.4) is 0 Å². The minimum atomic E-state index is -0.0272. The first-order chi connectivity index (χ1) is 52.0. The van der Waals surface area contributed by atoms with Gasteiger partial charge in [0.1, 0.15) is 22.8 Å². The average Bonchev–Trinajstić information content (AvgIpc) is 1.65.